The van der Waals surface area contributed by atoms with Crippen LogP contribution < -0.4 is 4.90 Å². The van der Waals surface area contributed by atoms with Crippen LogP contribution in [0.5, 0.6) is 0 Å². The summed E-state index contributed by atoms with van der Waals surface area (Å²) in [7, 11) is 0. The molecule has 0 radical (unpaired) electrons. The number of aryl methyl sites for hydroxylation is 3. The average Bonchev–Trinajstić information content (AvgIpc) is 2.79. The molecule has 0 aliphatic carbocycles. The van der Waals surface area contributed by atoms with Crippen molar-refractivity contribution in [1.29, 1.82) is 0 Å². The van der Waals surface area contributed by atoms with Gasteiger partial charge in [-0.25, -0.2) is 0 Å². The van der Waals surface area contributed by atoms with Gasteiger partial charge in [0.25, 0.3) is 5.91 Å². The van der Waals surface area contributed by atoms with Crippen LogP contribution in [0.25, 0.3) is 0 Å². The molecule has 0 unspecified atom stereocenters. The quantitative estimate of drug-likeness (QED) is 0.826. The molecule has 1 aromatic carbocycles. The summed E-state index contributed by atoms with van der Waals surface area (Å²) in [5.74, 6) is 0.376. The SMILES string of the molecule is Cc1ccc2c(c1)CCCN2C(=O)c1c(C)nn(CC(C)C)c1Cl. The van der Waals surface area contributed by atoms with Crippen molar-refractivity contribution in [3.05, 3.63) is 45.7 Å². The molecule has 24 heavy (non-hydrogen) atoms. The lowest BCUT2D eigenvalue weighted by Crippen LogP contribution is -2.35. The molecule has 2 aromatic rings. The molecule has 0 N–H and O–H groups in total. The van der Waals surface area contributed by atoms with Gasteiger partial charge < -0.3 is 4.90 Å². The second-order valence-corrected chi connectivity index (χ2v) is 7.38. The fourth-order valence-corrected chi connectivity index (χ4v) is 3.66. The predicted molar refractivity (Wildman–Crippen MR) is 98.0 cm³/mol. The Morgan fingerprint density at radius 3 is 2.79 bits per heavy atom. The fourth-order valence-electron chi connectivity index (χ4n) is 3.33. The number of nitrogens with zero attached hydrogens (tertiary/aromatic N) is 3. The van der Waals surface area contributed by atoms with Crippen molar-refractivity contribution >= 4 is 23.2 Å². The summed E-state index contributed by atoms with van der Waals surface area (Å²) in [6.07, 6.45) is 1.99. The zero-order valence-electron chi connectivity index (χ0n) is 14.8. The van der Waals surface area contributed by atoms with E-state index in [1.54, 1.807) is 4.68 Å². The molecule has 1 aliphatic heterocycles. The summed E-state index contributed by atoms with van der Waals surface area (Å²) in [5, 5.41) is 4.92. The lowest BCUT2D eigenvalue weighted by atomic mass is 9.99. The first-order valence-corrected chi connectivity index (χ1v) is 8.90. The Balaban J connectivity index is 1.98. The van der Waals surface area contributed by atoms with Crippen molar-refractivity contribution < 1.29 is 4.79 Å². The molecule has 4 nitrogen and oxygen atoms in total. The molecule has 1 amide bonds. The van der Waals surface area contributed by atoms with Crippen LogP contribution in [0.3, 0.4) is 0 Å². The first-order valence-electron chi connectivity index (χ1n) is 8.52. The van der Waals surface area contributed by atoms with Crippen LogP contribution in [0.1, 0.15) is 47.4 Å². The highest BCUT2D eigenvalue weighted by Gasteiger charge is 2.29. The van der Waals surface area contributed by atoms with Crippen LogP contribution in [0, 0.1) is 19.8 Å². The molecule has 0 bridgehead atoms. The fraction of sp³-hybridized carbons (Fsp3) is 0.474. The Morgan fingerprint density at radius 1 is 1.33 bits per heavy atom. The highest BCUT2D eigenvalue weighted by molar-refractivity contribution is 6.33. The van der Waals surface area contributed by atoms with E-state index >= 15 is 0 Å². The van der Waals surface area contributed by atoms with E-state index in [0.29, 0.717) is 28.9 Å². The summed E-state index contributed by atoms with van der Waals surface area (Å²) in [5.41, 5.74) is 4.69. The van der Waals surface area contributed by atoms with E-state index in [0.717, 1.165) is 25.1 Å². The van der Waals surface area contributed by atoms with Gasteiger partial charge in [0.2, 0.25) is 0 Å². The minimum absolute atomic E-state index is 0.0442. The standard InChI is InChI=1S/C19H24ClN3O/c1-12(2)11-23-18(20)17(14(4)21-23)19(24)22-9-5-6-15-10-13(3)7-8-16(15)22/h7-8,10,12H,5-6,9,11H2,1-4H3. The van der Waals surface area contributed by atoms with E-state index in [4.69, 9.17) is 11.6 Å². The van der Waals surface area contributed by atoms with Gasteiger partial charge in [0, 0.05) is 18.8 Å². The molecule has 0 atom stereocenters. The molecule has 128 valence electrons. The molecule has 5 heteroatoms. The Morgan fingerprint density at radius 2 is 2.08 bits per heavy atom. The predicted octanol–water partition coefficient (Wildman–Crippen LogP) is 4.40. The molecule has 1 aliphatic rings. The third-order valence-electron chi connectivity index (χ3n) is 4.42. The lowest BCUT2D eigenvalue weighted by molar-refractivity contribution is 0.0984. The van der Waals surface area contributed by atoms with Crippen molar-refractivity contribution in [2.75, 3.05) is 11.4 Å². The Labute approximate surface area is 148 Å². The Hall–Kier alpha value is -1.81. The molecule has 3 rings (SSSR count). The van der Waals surface area contributed by atoms with E-state index < -0.39 is 0 Å². The highest BCUT2D eigenvalue weighted by atomic mass is 35.5. The van der Waals surface area contributed by atoms with Crippen LogP contribution in [0.15, 0.2) is 18.2 Å². The van der Waals surface area contributed by atoms with Crippen LogP contribution in [0.2, 0.25) is 5.15 Å². The van der Waals surface area contributed by atoms with Gasteiger partial charge in [-0.15, -0.1) is 0 Å². The van der Waals surface area contributed by atoms with Crippen molar-refractivity contribution in [3.8, 4) is 0 Å². The zero-order valence-corrected chi connectivity index (χ0v) is 15.5. The average molecular weight is 346 g/mol. The number of carbonyl (C=O) groups is 1. The Bertz CT molecular complexity index is 779. The number of amides is 1. The number of fused-ring (bicyclic) bond motifs is 1. The number of hydrogen-bond donors (Lipinski definition) is 0. The van der Waals surface area contributed by atoms with Crippen molar-refractivity contribution in [3.63, 3.8) is 0 Å². The molecule has 0 saturated heterocycles. The summed E-state index contributed by atoms with van der Waals surface area (Å²) < 4.78 is 1.74. The van der Waals surface area contributed by atoms with E-state index in [-0.39, 0.29) is 5.91 Å². The smallest absolute Gasteiger partial charge is 0.263 e. The second kappa shape index (κ2) is 6.60. The van der Waals surface area contributed by atoms with Gasteiger partial charge in [-0.3, -0.25) is 9.48 Å². The molecular formula is C19H24ClN3O. The van der Waals surface area contributed by atoms with Gasteiger partial charge in [0.15, 0.2) is 0 Å². The highest BCUT2D eigenvalue weighted by Crippen LogP contribution is 2.31. The maximum absolute atomic E-state index is 13.2. The summed E-state index contributed by atoms with van der Waals surface area (Å²) in [4.78, 5) is 15.0. The maximum atomic E-state index is 13.2. The van der Waals surface area contributed by atoms with Gasteiger partial charge in [0.05, 0.1) is 11.3 Å². The van der Waals surface area contributed by atoms with Gasteiger partial charge in [-0.2, -0.15) is 5.10 Å². The molecule has 0 saturated carbocycles. The number of benzene rings is 1. The second-order valence-electron chi connectivity index (χ2n) is 7.02. The third-order valence-corrected chi connectivity index (χ3v) is 4.80. The van der Waals surface area contributed by atoms with E-state index in [9.17, 15) is 4.79 Å². The lowest BCUT2D eigenvalue weighted by Gasteiger charge is -2.29. The van der Waals surface area contributed by atoms with Gasteiger partial charge >= 0.3 is 0 Å². The summed E-state index contributed by atoms with van der Waals surface area (Å²) in [6, 6.07) is 6.27. The van der Waals surface area contributed by atoms with E-state index in [2.05, 4.69) is 38.0 Å². The van der Waals surface area contributed by atoms with E-state index in [1.807, 2.05) is 17.9 Å². The summed E-state index contributed by atoms with van der Waals surface area (Å²) >= 11 is 6.49. The first kappa shape index (κ1) is 17.0. The monoisotopic (exact) mass is 345 g/mol. The van der Waals surface area contributed by atoms with Gasteiger partial charge in [0.1, 0.15) is 5.15 Å². The van der Waals surface area contributed by atoms with Crippen molar-refractivity contribution in [2.24, 2.45) is 5.92 Å². The number of anilines is 1. The van der Waals surface area contributed by atoms with Crippen LogP contribution in [-0.4, -0.2) is 22.2 Å². The van der Waals surface area contributed by atoms with Gasteiger partial charge in [-0.1, -0.05) is 43.1 Å². The topological polar surface area (TPSA) is 38.1 Å². The van der Waals surface area contributed by atoms with Crippen LogP contribution in [-0.2, 0) is 13.0 Å². The largest absolute Gasteiger partial charge is 0.308 e. The minimum Gasteiger partial charge on any atom is -0.308 e. The minimum atomic E-state index is -0.0442. The normalized spacial score (nSPS) is 14.2. The number of halogens is 1. The molecular weight excluding hydrogens is 322 g/mol. The number of carbonyl (C=O) groups excluding carboxylic acids is 1. The van der Waals surface area contributed by atoms with Crippen LogP contribution in [0.4, 0.5) is 5.69 Å². The molecule has 0 spiro atoms. The number of aromatic nitrogens is 2. The zero-order chi connectivity index (χ0) is 17.4. The maximum Gasteiger partial charge on any atom is 0.263 e. The molecule has 0 fully saturated rings. The number of hydrogen-bond acceptors (Lipinski definition) is 2. The van der Waals surface area contributed by atoms with E-state index in [1.165, 1.54) is 11.1 Å². The Kier molecular flexibility index (Phi) is 4.68. The summed E-state index contributed by atoms with van der Waals surface area (Å²) in [6.45, 7) is 9.59. The van der Waals surface area contributed by atoms with Crippen molar-refractivity contribution in [1.82, 2.24) is 9.78 Å². The molecule has 2 heterocycles. The van der Waals surface area contributed by atoms with Crippen LogP contribution >= 0.6 is 11.6 Å². The van der Waals surface area contributed by atoms with Gasteiger partial charge in [-0.05, 0) is 44.2 Å². The molecule has 1 aromatic heterocycles. The number of rotatable bonds is 3. The first-order chi connectivity index (χ1) is 11.4. The third kappa shape index (κ3) is 3.07. The van der Waals surface area contributed by atoms with Crippen molar-refractivity contribution in [2.45, 2.75) is 47.1 Å².